The minimum Gasteiger partial charge on any atom is -0.354 e. The Balaban J connectivity index is 2.04. The summed E-state index contributed by atoms with van der Waals surface area (Å²) in [5.74, 6) is -0.730. The highest BCUT2D eigenvalue weighted by molar-refractivity contribution is 7.92. The molecule has 0 heterocycles. The summed E-state index contributed by atoms with van der Waals surface area (Å²) >= 11 is 0. The van der Waals surface area contributed by atoms with Crippen LogP contribution in [0.2, 0.25) is 0 Å². The molecular formula is C32H41N3O4S. The van der Waals surface area contributed by atoms with Crippen LogP contribution in [0.15, 0.2) is 71.6 Å². The van der Waals surface area contributed by atoms with Gasteiger partial charge in [0.1, 0.15) is 12.6 Å². The molecule has 0 aliphatic heterocycles. The first-order chi connectivity index (χ1) is 18.9. The summed E-state index contributed by atoms with van der Waals surface area (Å²) in [5.41, 5.74) is 4.95. The van der Waals surface area contributed by atoms with Gasteiger partial charge >= 0.3 is 0 Å². The molecule has 3 aromatic rings. The number of nitrogens with zero attached hydrogens (tertiary/aromatic N) is 2. The molecule has 0 aliphatic carbocycles. The molecule has 3 aromatic carbocycles. The smallest absolute Gasteiger partial charge is 0.264 e. The number of carbonyl (C=O) groups is 2. The second-order valence-electron chi connectivity index (χ2n) is 10.4. The van der Waals surface area contributed by atoms with Gasteiger partial charge in [0.15, 0.2) is 0 Å². The van der Waals surface area contributed by atoms with Crippen LogP contribution in [0.4, 0.5) is 5.69 Å². The van der Waals surface area contributed by atoms with Crippen molar-refractivity contribution in [2.24, 2.45) is 0 Å². The van der Waals surface area contributed by atoms with Gasteiger partial charge in [-0.1, -0.05) is 73.0 Å². The lowest BCUT2D eigenvalue weighted by Gasteiger charge is -2.32. The van der Waals surface area contributed by atoms with Crippen molar-refractivity contribution in [3.8, 4) is 0 Å². The molecular weight excluding hydrogens is 522 g/mol. The zero-order valence-electron chi connectivity index (χ0n) is 24.4. The average molecular weight is 564 g/mol. The summed E-state index contributed by atoms with van der Waals surface area (Å²) in [6, 6.07) is 18.9. The van der Waals surface area contributed by atoms with E-state index in [1.165, 1.54) is 9.21 Å². The molecule has 0 spiro atoms. The van der Waals surface area contributed by atoms with Gasteiger partial charge in [-0.05, 0) is 75.9 Å². The summed E-state index contributed by atoms with van der Waals surface area (Å²) < 4.78 is 29.2. The number of anilines is 1. The molecule has 1 unspecified atom stereocenters. The van der Waals surface area contributed by atoms with Crippen molar-refractivity contribution in [2.45, 2.75) is 71.9 Å². The third kappa shape index (κ3) is 7.50. The first kappa shape index (κ1) is 30.9. The van der Waals surface area contributed by atoms with Crippen molar-refractivity contribution in [1.29, 1.82) is 0 Å². The van der Waals surface area contributed by atoms with E-state index in [9.17, 15) is 18.0 Å². The maximum absolute atomic E-state index is 14.1. The molecule has 8 heteroatoms. The maximum atomic E-state index is 14.1. The highest BCUT2D eigenvalue weighted by Crippen LogP contribution is 2.28. The van der Waals surface area contributed by atoms with Crippen molar-refractivity contribution in [1.82, 2.24) is 10.2 Å². The number of aryl methyl sites for hydroxylation is 4. The highest BCUT2D eigenvalue weighted by atomic mass is 32.2. The quantitative estimate of drug-likeness (QED) is 0.297. The van der Waals surface area contributed by atoms with Gasteiger partial charge in [-0.3, -0.25) is 13.9 Å². The molecule has 7 nitrogen and oxygen atoms in total. The lowest BCUT2D eigenvalue weighted by atomic mass is 10.1. The van der Waals surface area contributed by atoms with Gasteiger partial charge in [-0.2, -0.15) is 0 Å². The third-order valence-electron chi connectivity index (χ3n) is 7.11. The van der Waals surface area contributed by atoms with Crippen molar-refractivity contribution >= 4 is 27.5 Å². The Kier molecular flexibility index (Phi) is 10.5. The van der Waals surface area contributed by atoms with Gasteiger partial charge in [-0.25, -0.2) is 8.42 Å². The van der Waals surface area contributed by atoms with Crippen LogP contribution in [-0.4, -0.2) is 44.3 Å². The van der Waals surface area contributed by atoms with E-state index >= 15 is 0 Å². The van der Waals surface area contributed by atoms with E-state index in [1.807, 2.05) is 71.0 Å². The molecule has 0 fully saturated rings. The number of rotatable bonds is 12. The molecule has 0 saturated carbocycles. The number of sulfonamides is 1. The molecule has 0 radical (unpaired) electrons. The van der Waals surface area contributed by atoms with E-state index in [4.69, 9.17) is 0 Å². The predicted octanol–water partition coefficient (Wildman–Crippen LogP) is 5.45. The molecule has 0 aliphatic rings. The Morgan fingerprint density at radius 3 is 2.15 bits per heavy atom. The predicted molar refractivity (Wildman–Crippen MR) is 161 cm³/mol. The van der Waals surface area contributed by atoms with Crippen LogP contribution in [-0.2, 0) is 26.2 Å². The molecule has 1 atom stereocenters. The van der Waals surface area contributed by atoms with E-state index in [2.05, 4.69) is 5.32 Å². The Morgan fingerprint density at radius 2 is 1.52 bits per heavy atom. The van der Waals surface area contributed by atoms with Crippen molar-refractivity contribution in [3.63, 3.8) is 0 Å². The summed E-state index contributed by atoms with van der Waals surface area (Å²) in [7, 11) is -4.09. The Hall–Kier alpha value is -3.65. The molecule has 214 valence electrons. The molecule has 0 saturated heterocycles. The summed E-state index contributed by atoms with van der Waals surface area (Å²) in [6.07, 6.45) is 1.77. The van der Waals surface area contributed by atoms with Crippen LogP contribution < -0.4 is 9.62 Å². The Morgan fingerprint density at radius 1 is 0.875 bits per heavy atom. The SMILES string of the molecule is CCCCNC(=O)C(C)N(Cc1ccccc1C)C(=O)CN(c1ccc(C)cc1C)S(=O)(=O)c1ccc(C)cc1. The van der Waals surface area contributed by atoms with Gasteiger partial charge in [0.05, 0.1) is 10.6 Å². The minimum atomic E-state index is -4.09. The van der Waals surface area contributed by atoms with E-state index in [-0.39, 0.29) is 17.3 Å². The van der Waals surface area contributed by atoms with E-state index < -0.39 is 28.5 Å². The number of amides is 2. The third-order valence-corrected chi connectivity index (χ3v) is 8.88. The second-order valence-corrected chi connectivity index (χ2v) is 12.2. The van der Waals surface area contributed by atoms with Crippen LogP contribution in [0, 0.1) is 27.7 Å². The van der Waals surface area contributed by atoms with Gasteiger partial charge < -0.3 is 10.2 Å². The van der Waals surface area contributed by atoms with Gasteiger partial charge in [0, 0.05) is 13.1 Å². The van der Waals surface area contributed by atoms with E-state index in [0.29, 0.717) is 12.2 Å². The zero-order valence-corrected chi connectivity index (χ0v) is 25.2. The molecule has 40 heavy (non-hydrogen) atoms. The van der Waals surface area contributed by atoms with E-state index in [1.54, 1.807) is 37.3 Å². The summed E-state index contributed by atoms with van der Waals surface area (Å²) in [4.78, 5) is 28.7. The monoisotopic (exact) mass is 563 g/mol. The lowest BCUT2D eigenvalue weighted by molar-refractivity contribution is -0.139. The minimum absolute atomic E-state index is 0.0988. The fourth-order valence-corrected chi connectivity index (χ4v) is 6.00. The number of carbonyl (C=O) groups excluding carboxylic acids is 2. The van der Waals surface area contributed by atoms with Gasteiger partial charge in [0.2, 0.25) is 11.8 Å². The molecule has 0 aromatic heterocycles. The maximum Gasteiger partial charge on any atom is 0.264 e. The van der Waals surface area contributed by atoms with Crippen LogP contribution in [0.25, 0.3) is 0 Å². The largest absolute Gasteiger partial charge is 0.354 e. The zero-order chi connectivity index (χ0) is 29.4. The van der Waals surface area contributed by atoms with Crippen molar-refractivity contribution in [3.05, 3.63) is 94.5 Å². The molecule has 2 amide bonds. The Labute approximate surface area is 239 Å². The summed E-state index contributed by atoms with van der Waals surface area (Å²) in [6.45, 7) is 11.6. The fourth-order valence-electron chi connectivity index (χ4n) is 4.53. The van der Waals surface area contributed by atoms with Gasteiger partial charge in [0.25, 0.3) is 10.0 Å². The normalized spacial score (nSPS) is 12.1. The summed E-state index contributed by atoms with van der Waals surface area (Å²) in [5, 5.41) is 2.92. The van der Waals surface area contributed by atoms with Gasteiger partial charge in [-0.15, -0.1) is 0 Å². The number of nitrogens with one attached hydrogen (secondary N) is 1. The standard InChI is InChI=1S/C32H41N3O4S/c1-7-8-19-33-32(37)27(6)34(21-28-12-10-9-11-25(28)4)31(36)22-35(30-18-15-24(3)20-26(30)5)40(38,39)29-16-13-23(2)14-17-29/h9-18,20,27H,7-8,19,21-22H2,1-6H3,(H,33,37). The van der Waals surface area contributed by atoms with E-state index in [0.717, 1.165) is 40.7 Å². The Bertz CT molecular complexity index is 1430. The average Bonchev–Trinajstić information content (AvgIpc) is 2.91. The number of benzene rings is 3. The second kappa shape index (κ2) is 13.6. The van der Waals surface area contributed by atoms with Crippen molar-refractivity contribution in [2.75, 3.05) is 17.4 Å². The van der Waals surface area contributed by atoms with Crippen LogP contribution in [0.1, 0.15) is 54.5 Å². The molecule has 3 rings (SSSR count). The van der Waals surface area contributed by atoms with Crippen LogP contribution in [0.5, 0.6) is 0 Å². The number of unbranched alkanes of at least 4 members (excludes halogenated alkanes) is 1. The van der Waals surface area contributed by atoms with Crippen LogP contribution >= 0.6 is 0 Å². The fraction of sp³-hybridized carbons (Fsp3) is 0.375. The van der Waals surface area contributed by atoms with Crippen LogP contribution in [0.3, 0.4) is 0 Å². The number of hydrogen-bond donors (Lipinski definition) is 1. The topological polar surface area (TPSA) is 86.8 Å². The highest BCUT2D eigenvalue weighted by Gasteiger charge is 2.33. The first-order valence-corrected chi connectivity index (χ1v) is 15.2. The lowest BCUT2D eigenvalue weighted by Crippen LogP contribution is -2.51. The number of hydrogen-bond acceptors (Lipinski definition) is 4. The molecule has 0 bridgehead atoms. The first-order valence-electron chi connectivity index (χ1n) is 13.7. The molecule has 1 N–H and O–H groups in total. The van der Waals surface area contributed by atoms with Crippen molar-refractivity contribution < 1.29 is 18.0 Å².